The van der Waals surface area contributed by atoms with E-state index in [1.165, 1.54) is 11.1 Å². The van der Waals surface area contributed by atoms with Gasteiger partial charge in [0.2, 0.25) is 0 Å². The van der Waals surface area contributed by atoms with Crippen LogP contribution in [0.25, 0.3) is 0 Å². The number of nitrogens with zero attached hydrogens (tertiary/aromatic N) is 1. The first-order chi connectivity index (χ1) is 10.6. The van der Waals surface area contributed by atoms with E-state index < -0.39 is 0 Å². The van der Waals surface area contributed by atoms with Gasteiger partial charge in [-0.3, -0.25) is 0 Å². The van der Waals surface area contributed by atoms with Gasteiger partial charge in [0.05, 0.1) is 6.61 Å². The SMILES string of the molecule is CN(CCO)CCC(c1ccc(Cl)cc1)c1ccc(Cl)cc1. The maximum absolute atomic E-state index is 9.03. The molecule has 2 aromatic rings. The van der Waals surface area contributed by atoms with E-state index >= 15 is 0 Å². The molecule has 0 aromatic heterocycles. The van der Waals surface area contributed by atoms with Crippen molar-refractivity contribution < 1.29 is 5.11 Å². The summed E-state index contributed by atoms with van der Waals surface area (Å²) in [5, 5.41) is 10.5. The van der Waals surface area contributed by atoms with Crippen molar-refractivity contribution in [3.8, 4) is 0 Å². The molecule has 0 amide bonds. The van der Waals surface area contributed by atoms with Crippen molar-refractivity contribution in [3.05, 3.63) is 69.7 Å². The van der Waals surface area contributed by atoms with Gasteiger partial charge < -0.3 is 10.0 Å². The third-order valence-corrected chi connectivity index (χ3v) is 4.33. The lowest BCUT2D eigenvalue weighted by Crippen LogP contribution is -2.24. The Morgan fingerprint density at radius 1 is 0.864 bits per heavy atom. The third kappa shape index (κ3) is 4.99. The average Bonchev–Trinajstić information content (AvgIpc) is 2.51. The number of aliphatic hydroxyl groups is 1. The van der Waals surface area contributed by atoms with Crippen molar-refractivity contribution in [1.82, 2.24) is 4.90 Å². The first-order valence-corrected chi connectivity index (χ1v) is 8.16. The number of hydrogen-bond acceptors (Lipinski definition) is 2. The van der Waals surface area contributed by atoms with Gasteiger partial charge in [-0.25, -0.2) is 0 Å². The summed E-state index contributed by atoms with van der Waals surface area (Å²) in [5.74, 6) is 0.288. The summed E-state index contributed by atoms with van der Waals surface area (Å²) in [4.78, 5) is 2.14. The summed E-state index contributed by atoms with van der Waals surface area (Å²) in [6, 6.07) is 16.0. The van der Waals surface area contributed by atoms with E-state index in [0.717, 1.165) is 23.0 Å². The molecule has 0 aliphatic carbocycles. The number of halogens is 2. The van der Waals surface area contributed by atoms with Crippen LogP contribution in [0.4, 0.5) is 0 Å². The Kier molecular flexibility index (Phi) is 6.71. The highest BCUT2D eigenvalue weighted by atomic mass is 35.5. The lowest BCUT2D eigenvalue weighted by molar-refractivity contribution is 0.219. The molecule has 0 fully saturated rings. The normalized spacial score (nSPS) is 11.4. The second-order valence-corrected chi connectivity index (χ2v) is 6.34. The van der Waals surface area contributed by atoms with Gasteiger partial charge in [0, 0.05) is 22.5 Å². The number of hydrogen-bond donors (Lipinski definition) is 1. The third-order valence-electron chi connectivity index (χ3n) is 3.83. The van der Waals surface area contributed by atoms with Gasteiger partial charge in [-0.15, -0.1) is 0 Å². The molecule has 0 unspecified atom stereocenters. The highest BCUT2D eigenvalue weighted by molar-refractivity contribution is 6.30. The lowest BCUT2D eigenvalue weighted by Gasteiger charge is -2.22. The quantitative estimate of drug-likeness (QED) is 0.807. The monoisotopic (exact) mass is 337 g/mol. The zero-order chi connectivity index (χ0) is 15.9. The second kappa shape index (κ2) is 8.54. The Balaban J connectivity index is 2.20. The molecule has 2 aromatic carbocycles. The lowest BCUT2D eigenvalue weighted by atomic mass is 9.88. The van der Waals surface area contributed by atoms with E-state index in [2.05, 4.69) is 29.2 Å². The fourth-order valence-electron chi connectivity index (χ4n) is 2.55. The smallest absolute Gasteiger partial charge is 0.0558 e. The molecule has 4 heteroatoms. The standard InChI is InChI=1S/C18H21Cl2NO/c1-21(12-13-22)11-10-18(14-2-6-16(19)7-3-14)15-4-8-17(20)9-5-15/h2-9,18,22H,10-13H2,1H3. The van der Waals surface area contributed by atoms with E-state index in [-0.39, 0.29) is 12.5 Å². The first kappa shape index (κ1) is 17.3. The zero-order valence-electron chi connectivity index (χ0n) is 12.7. The van der Waals surface area contributed by atoms with Crippen molar-refractivity contribution in [1.29, 1.82) is 0 Å². The Labute approximate surface area is 142 Å². The fourth-order valence-corrected chi connectivity index (χ4v) is 2.80. The molecule has 118 valence electrons. The van der Waals surface area contributed by atoms with Crippen LogP contribution < -0.4 is 0 Å². The summed E-state index contributed by atoms with van der Waals surface area (Å²) in [5.41, 5.74) is 2.48. The summed E-state index contributed by atoms with van der Waals surface area (Å²) >= 11 is 12.0. The average molecular weight is 338 g/mol. The van der Waals surface area contributed by atoms with E-state index in [0.29, 0.717) is 6.54 Å². The van der Waals surface area contributed by atoms with E-state index in [1.54, 1.807) is 0 Å². The van der Waals surface area contributed by atoms with Gasteiger partial charge in [-0.1, -0.05) is 47.5 Å². The van der Waals surface area contributed by atoms with Gasteiger partial charge in [-0.2, -0.15) is 0 Å². The number of aliphatic hydroxyl groups excluding tert-OH is 1. The van der Waals surface area contributed by atoms with Crippen molar-refractivity contribution >= 4 is 23.2 Å². The summed E-state index contributed by atoms with van der Waals surface area (Å²) in [7, 11) is 2.02. The van der Waals surface area contributed by atoms with Crippen LogP contribution in [0.1, 0.15) is 23.5 Å². The van der Waals surface area contributed by atoms with Crippen LogP contribution in [0, 0.1) is 0 Å². The van der Waals surface area contributed by atoms with Crippen LogP contribution in [-0.2, 0) is 0 Å². The molecule has 1 N–H and O–H groups in total. The highest BCUT2D eigenvalue weighted by Gasteiger charge is 2.15. The molecule has 0 aliphatic heterocycles. The van der Waals surface area contributed by atoms with Gasteiger partial charge in [0.15, 0.2) is 0 Å². The van der Waals surface area contributed by atoms with Crippen molar-refractivity contribution in [3.63, 3.8) is 0 Å². The molecular weight excluding hydrogens is 317 g/mol. The highest BCUT2D eigenvalue weighted by Crippen LogP contribution is 2.30. The second-order valence-electron chi connectivity index (χ2n) is 5.47. The van der Waals surface area contributed by atoms with Crippen LogP contribution in [0.2, 0.25) is 10.0 Å². The van der Waals surface area contributed by atoms with E-state index in [4.69, 9.17) is 28.3 Å². The predicted molar refractivity (Wildman–Crippen MR) is 93.9 cm³/mol. The van der Waals surface area contributed by atoms with Crippen LogP contribution >= 0.6 is 23.2 Å². The topological polar surface area (TPSA) is 23.5 Å². The predicted octanol–water partition coefficient (Wildman–Crippen LogP) is 4.44. The minimum Gasteiger partial charge on any atom is -0.395 e. The molecule has 0 heterocycles. The summed E-state index contributed by atoms with van der Waals surface area (Å²) in [6.45, 7) is 1.79. The molecule has 22 heavy (non-hydrogen) atoms. The molecule has 0 atom stereocenters. The van der Waals surface area contributed by atoms with Crippen molar-refractivity contribution in [2.75, 3.05) is 26.7 Å². The molecule has 0 saturated heterocycles. The van der Waals surface area contributed by atoms with Crippen LogP contribution in [0.3, 0.4) is 0 Å². The van der Waals surface area contributed by atoms with Gasteiger partial charge >= 0.3 is 0 Å². The summed E-state index contributed by atoms with van der Waals surface area (Å²) in [6.07, 6.45) is 0.972. The number of benzene rings is 2. The van der Waals surface area contributed by atoms with Crippen LogP contribution in [0.5, 0.6) is 0 Å². The molecule has 0 saturated carbocycles. The molecular formula is C18H21Cl2NO. The van der Waals surface area contributed by atoms with E-state index in [9.17, 15) is 0 Å². The zero-order valence-corrected chi connectivity index (χ0v) is 14.2. The van der Waals surface area contributed by atoms with E-state index in [1.807, 2.05) is 31.3 Å². The molecule has 2 nitrogen and oxygen atoms in total. The Morgan fingerprint density at radius 3 is 1.73 bits per heavy atom. The van der Waals surface area contributed by atoms with Gasteiger partial charge in [0.25, 0.3) is 0 Å². The minimum atomic E-state index is 0.184. The van der Waals surface area contributed by atoms with Crippen LogP contribution in [0.15, 0.2) is 48.5 Å². The number of likely N-dealkylation sites (N-methyl/N-ethyl adjacent to an activating group) is 1. The molecule has 0 aliphatic rings. The van der Waals surface area contributed by atoms with Gasteiger partial charge in [-0.05, 0) is 55.4 Å². The maximum atomic E-state index is 9.03. The number of rotatable bonds is 7. The molecule has 0 bridgehead atoms. The molecule has 0 spiro atoms. The Hall–Kier alpha value is -1.06. The minimum absolute atomic E-state index is 0.184. The maximum Gasteiger partial charge on any atom is 0.0558 e. The summed E-state index contributed by atoms with van der Waals surface area (Å²) < 4.78 is 0. The Morgan fingerprint density at radius 2 is 1.32 bits per heavy atom. The first-order valence-electron chi connectivity index (χ1n) is 7.40. The molecule has 0 radical (unpaired) electrons. The van der Waals surface area contributed by atoms with Crippen molar-refractivity contribution in [2.45, 2.75) is 12.3 Å². The fraction of sp³-hybridized carbons (Fsp3) is 0.333. The van der Waals surface area contributed by atoms with Crippen molar-refractivity contribution in [2.24, 2.45) is 0 Å². The largest absolute Gasteiger partial charge is 0.395 e. The van der Waals surface area contributed by atoms with Crippen LogP contribution in [-0.4, -0.2) is 36.8 Å². The van der Waals surface area contributed by atoms with Gasteiger partial charge in [0.1, 0.15) is 0 Å². The molecule has 2 rings (SSSR count). The Bertz CT molecular complexity index is 523.